The summed E-state index contributed by atoms with van der Waals surface area (Å²) in [6, 6.07) is 11.6. The van der Waals surface area contributed by atoms with Gasteiger partial charge in [0, 0.05) is 31.7 Å². The lowest BCUT2D eigenvalue weighted by molar-refractivity contribution is 0.778. The Hall–Kier alpha value is -3.41. The van der Waals surface area contributed by atoms with Crippen molar-refractivity contribution in [2.45, 2.75) is 33.9 Å². The Morgan fingerprint density at radius 1 is 0.735 bits per heavy atom. The molecular formula is C24H28IN9. The number of aromatic amines is 1. The minimum absolute atomic E-state index is 0.775. The maximum atomic E-state index is 4.21. The molecule has 0 spiro atoms. The second-order valence-electron chi connectivity index (χ2n) is 6.80. The van der Waals surface area contributed by atoms with E-state index in [9.17, 15) is 0 Å². The second-order valence-corrected chi connectivity index (χ2v) is 8.32. The minimum atomic E-state index is 0.775. The van der Waals surface area contributed by atoms with Gasteiger partial charge in [0.15, 0.2) is 16.9 Å². The fourth-order valence-electron chi connectivity index (χ4n) is 3.05. The van der Waals surface area contributed by atoms with Crippen molar-refractivity contribution in [2.24, 2.45) is 0 Å². The maximum absolute atomic E-state index is 4.21. The zero-order chi connectivity index (χ0) is 24.2. The molecule has 0 aliphatic carbocycles. The van der Waals surface area contributed by atoms with Crippen LogP contribution in [0.5, 0.6) is 0 Å². The lowest BCUT2D eigenvalue weighted by Crippen LogP contribution is -1.91. The molecule has 176 valence electrons. The Morgan fingerprint density at radius 3 is 2.12 bits per heavy atom. The van der Waals surface area contributed by atoms with Gasteiger partial charge in [-0.05, 0) is 54.7 Å². The molecule has 6 aromatic rings. The highest BCUT2D eigenvalue weighted by molar-refractivity contribution is 14.1. The average molecular weight is 569 g/mol. The first-order valence-corrected chi connectivity index (χ1v) is 12.6. The molecule has 0 bridgehead atoms. The molecule has 0 unspecified atom stereocenters. The molecule has 0 atom stereocenters. The van der Waals surface area contributed by atoms with E-state index in [2.05, 4.69) is 82.8 Å². The SMILES string of the molecule is CCI.CCn1cnc2cccnc21.CCn1cnc2ncccc21.c1cnc2nc[nH]c2c1. The molecule has 34 heavy (non-hydrogen) atoms. The molecule has 6 aromatic heterocycles. The van der Waals surface area contributed by atoms with Crippen LogP contribution in [0, 0.1) is 0 Å². The van der Waals surface area contributed by atoms with Crippen molar-refractivity contribution in [3.63, 3.8) is 0 Å². The van der Waals surface area contributed by atoms with E-state index in [0.29, 0.717) is 0 Å². The number of hydrogen-bond acceptors (Lipinski definition) is 6. The molecule has 9 nitrogen and oxygen atoms in total. The molecule has 0 saturated carbocycles. The quantitative estimate of drug-likeness (QED) is 0.224. The van der Waals surface area contributed by atoms with Crippen LogP contribution in [0.25, 0.3) is 33.5 Å². The number of H-pyrrole nitrogens is 1. The Bertz CT molecular complexity index is 1300. The summed E-state index contributed by atoms with van der Waals surface area (Å²) >= 11 is 2.29. The van der Waals surface area contributed by atoms with Gasteiger partial charge in [0.2, 0.25) is 0 Å². The highest BCUT2D eigenvalue weighted by atomic mass is 127. The number of rotatable bonds is 2. The zero-order valence-corrected chi connectivity index (χ0v) is 21.7. The Balaban J connectivity index is 0.000000136. The summed E-state index contributed by atoms with van der Waals surface area (Å²) in [5, 5.41) is 0. The third kappa shape index (κ3) is 6.56. The first-order chi connectivity index (χ1) is 16.7. The van der Waals surface area contributed by atoms with Gasteiger partial charge in [-0.1, -0.05) is 29.5 Å². The zero-order valence-electron chi connectivity index (χ0n) is 19.5. The molecule has 0 aliphatic rings. The van der Waals surface area contributed by atoms with Gasteiger partial charge in [-0.2, -0.15) is 0 Å². The van der Waals surface area contributed by atoms with Crippen molar-refractivity contribution in [1.29, 1.82) is 0 Å². The number of imidazole rings is 3. The van der Waals surface area contributed by atoms with Gasteiger partial charge in [0.25, 0.3) is 0 Å². The molecule has 0 aliphatic heterocycles. The van der Waals surface area contributed by atoms with E-state index in [1.165, 1.54) is 4.43 Å². The summed E-state index contributed by atoms with van der Waals surface area (Å²) in [6.45, 7) is 8.15. The van der Waals surface area contributed by atoms with Gasteiger partial charge in [-0.25, -0.2) is 29.9 Å². The van der Waals surface area contributed by atoms with Crippen LogP contribution in [-0.2, 0) is 13.1 Å². The summed E-state index contributed by atoms with van der Waals surface area (Å²) < 4.78 is 5.31. The van der Waals surface area contributed by atoms with Crippen LogP contribution < -0.4 is 0 Å². The first-order valence-electron chi connectivity index (χ1n) is 11.0. The fraction of sp³-hybridized carbons (Fsp3) is 0.250. The Kier molecular flexibility index (Phi) is 9.89. The number of hydrogen-bond donors (Lipinski definition) is 1. The largest absolute Gasteiger partial charge is 0.343 e. The topological polar surface area (TPSA) is 103 Å². The number of nitrogens with zero attached hydrogens (tertiary/aromatic N) is 8. The molecule has 0 saturated heterocycles. The first kappa shape index (κ1) is 25.2. The molecule has 0 fully saturated rings. The van der Waals surface area contributed by atoms with Crippen LogP contribution in [0.3, 0.4) is 0 Å². The van der Waals surface area contributed by atoms with E-state index in [4.69, 9.17) is 0 Å². The molecular weight excluding hydrogens is 541 g/mol. The van der Waals surface area contributed by atoms with Crippen molar-refractivity contribution < 1.29 is 0 Å². The van der Waals surface area contributed by atoms with Gasteiger partial charge in [-0.3, -0.25) is 0 Å². The number of pyridine rings is 3. The smallest absolute Gasteiger partial charge is 0.177 e. The molecule has 6 rings (SSSR count). The number of fused-ring (bicyclic) bond motifs is 3. The van der Waals surface area contributed by atoms with Crippen LogP contribution in [0.2, 0.25) is 0 Å². The maximum Gasteiger partial charge on any atom is 0.177 e. The van der Waals surface area contributed by atoms with E-state index in [1.807, 2.05) is 53.6 Å². The Labute approximate surface area is 211 Å². The van der Waals surface area contributed by atoms with E-state index >= 15 is 0 Å². The molecule has 1 N–H and O–H groups in total. The van der Waals surface area contributed by atoms with Crippen molar-refractivity contribution in [3.8, 4) is 0 Å². The van der Waals surface area contributed by atoms with Gasteiger partial charge < -0.3 is 14.1 Å². The lowest BCUT2D eigenvalue weighted by Gasteiger charge is -1.95. The van der Waals surface area contributed by atoms with Crippen LogP contribution in [-0.4, -0.2) is 48.4 Å². The van der Waals surface area contributed by atoms with Crippen LogP contribution in [0.15, 0.2) is 74.0 Å². The predicted octanol–water partition coefficient (Wildman–Crippen LogP) is 5.30. The number of nitrogens with one attached hydrogen (secondary N) is 1. The number of aromatic nitrogens is 9. The van der Waals surface area contributed by atoms with Crippen LogP contribution >= 0.6 is 22.6 Å². The number of alkyl halides is 1. The summed E-state index contributed by atoms with van der Waals surface area (Å²) in [6.07, 6.45) is 10.5. The van der Waals surface area contributed by atoms with Gasteiger partial charge in [0.1, 0.15) is 5.52 Å². The molecule has 6 heterocycles. The van der Waals surface area contributed by atoms with E-state index in [-0.39, 0.29) is 0 Å². The third-order valence-electron chi connectivity index (χ3n) is 4.64. The number of aryl methyl sites for hydroxylation is 2. The summed E-state index contributed by atoms with van der Waals surface area (Å²) in [5.74, 6) is 0. The van der Waals surface area contributed by atoms with Crippen LogP contribution in [0.1, 0.15) is 20.8 Å². The summed E-state index contributed by atoms with van der Waals surface area (Å²) in [5.41, 5.74) is 5.63. The summed E-state index contributed by atoms with van der Waals surface area (Å²) in [4.78, 5) is 27.6. The molecule has 0 amide bonds. The van der Waals surface area contributed by atoms with Crippen molar-refractivity contribution in [1.82, 2.24) is 44.0 Å². The van der Waals surface area contributed by atoms with Gasteiger partial charge >= 0.3 is 0 Å². The van der Waals surface area contributed by atoms with Crippen molar-refractivity contribution in [2.75, 3.05) is 4.43 Å². The monoisotopic (exact) mass is 569 g/mol. The molecule has 0 radical (unpaired) electrons. The highest BCUT2D eigenvalue weighted by Gasteiger charge is 1.99. The predicted molar refractivity (Wildman–Crippen MR) is 145 cm³/mol. The van der Waals surface area contributed by atoms with Gasteiger partial charge in [-0.15, -0.1) is 0 Å². The lowest BCUT2D eigenvalue weighted by atomic mass is 10.4. The number of halogens is 1. The highest BCUT2D eigenvalue weighted by Crippen LogP contribution is 2.08. The molecule has 10 heteroatoms. The van der Waals surface area contributed by atoms with Crippen molar-refractivity contribution in [3.05, 3.63) is 74.0 Å². The van der Waals surface area contributed by atoms with E-state index in [0.717, 1.165) is 46.6 Å². The Morgan fingerprint density at radius 2 is 1.38 bits per heavy atom. The average Bonchev–Trinajstić information content (AvgIpc) is 3.63. The second kappa shape index (κ2) is 13.3. The van der Waals surface area contributed by atoms with E-state index in [1.54, 1.807) is 24.9 Å². The van der Waals surface area contributed by atoms with Crippen molar-refractivity contribution >= 4 is 56.1 Å². The standard InChI is InChI=1S/2C8H9N3.C6H5N3.C2H5I/c1-2-11-6-10-8-7(11)4-3-5-9-8;1-2-11-6-10-7-4-3-5-9-8(7)11;1-2-5-6(7-3-1)9-4-8-5;1-2-3/h2*3-6H,2H2,1H3;1-4H,(H,7,8,9);2H2,1H3. The normalized spacial score (nSPS) is 10.1. The van der Waals surface area contributed by atoms with E-state index < -0.39 is 0 Å². The summed E-state index contributed by atoms with van der Waals surface area (Å²) in [7, 11) is 0. The molecule has 0 aromatic carbocycles. The third-order valence-corrected chi connectivity index (χ3v) is 4.64. The fourth-order valence-corrected chi connectivity index (χ4v) is 3.05. The van der Waals surface area contributed by atoms with Crippen LogP contribution in [0.4, 0.5) is 0 Å². The minimum Gasteiger partial charge on any atom is -0.343 e. The van der Waals surface area contributed by atoms with Gasteiger partial charge in [0.05, 0.1) is 30.0 Å².